The third-order valence-corrected chi connectivity index (χ3v) is 4.96. The van der Waals surface area contributed by atoms with Gasteiger partial charge in [0.1, 0.15) is 5.75 Å². The molecule has 2 N–H and O–H groups in total. The van der Waals surface area contributed by atoms with Gasteiger partial charge < -0.3 is 9.84 Å². The van der Waals surface area contributed by atoms with E-state index >= 15 is 0 Å². The average molecular weight is 299 g/mol. The Balaban J connectivity index is 1.90. The number of hydrogen-bond donors (Lipinski definition) is 2. The van der Waals surface area contributed by atoms with E-state index in [-0.39, 0.29) is 11.5 Å². The first-order chi connectivity index (χ1) is 9.53. The molecule has 1 aromatic carbocycles. The van der Waals surface area contributed by atoms with E-state index in [2.05, 4.69) is 11.6 Å². The van der Waals surface area contributed by atoms with Crippen molar-refractivity contribution in [1.82, 2.24) is 4.72 Å². The van der Waals surface area contributed by atoms with Crippen LogP contribution in [0.25, 0.3) is 0 Å². The Kier molecular flexibility index (Phi) is 5.01. The Morgan fingerprint density at radius 2 is 2.00 bits per heavy atom. The second-order valence-corrected chi connectivity index (χ2v) is 6.99. The second-order valence-electron chi connectivity index (χ2n) is 5.22. The lowest BCUT2D eigenvalue weighted by Gasteiger charge is -2.08. The van der Waals surface area contributed by atoms with Crippen LogP contribution in [-0.4, -0.2) is 33.3 Å². The Morgan fingerprint density at radius 1 is 1.35 bits per heavy atom. The van der Waals surface area contributed by atoms with Gasteiger partial charge in [0.05, 0.1) is 11.5 Å². The van der Waals surface area contributed by atoms with Crippen molar-refractivity contribution in [1.29, 1.82) is 0 Å². The summed E-state index contributed by atoms with van der Waals surface area (Å²) in [6.45, 7) is 3.13. The van der Waals surface area contributed by atoms with E-state index in [1.165, 1.54) is 12.1 Å². The quantitative estimate of drug-likeness (QED) is 0.711. The van der Waals surface area contributed by atoms with E-state index in [1.807, 2.05) is 0 Å². The molecule has 0 heterocycles. The van der Waals surface area contributed by atoms with Crippen molar-refractivity contribution in [2.45, 2.75) is 24.7 Å². The molecular weight excluding hydrogens is 278 g/mol. The SMILES string of the molecule is CC1CC1CNS(=O)(=O)c1ccc(OCCCO)cc1. The highest BCUT2D eigenvalue weighted by atomic mass is 32.2. The molecule has 20 heavy (non-hydrogen) atoms. The maximum absolute atomic E-state index is 12.1. The van der Waals surface area contributed by atoms with Crippen LogP contribution in [0, 0.1) is 11.8 Å². The van der Waals surface area contributed by atoms with E-state index in [4.69, 9.17) is 9.84 Å². The summed E-state index contributed by atoms with van der Waals surface area (Å²) in [6, 6.07) is 6.33. The summed E-state index contributed by atoms with van der Waals surface area (Å²) in [4.78, 5) is 0.250. The molecule has 2 unspecified atom stereocenters. The van der Waals surface area contributed by atoms with Crippen molar-refractivity contribution in [3.63, 3.8) is 0 Å². The first kappa shape index (κ1) is 15.3. The molecule has 0 radical (unpaired) electrons. The Labute approximate surface area is 120 Å². The zero-order valence-corrected chi connectivity index (χ0v) is 12.4. The molecule has 0 bridgehead atoms. The molecule has 1 aromatic rings. The van der Waals surface area contributed by atoms with E-state index in [1.54, 1.807) is 12.1 Å². The molecule has 1 aliphatic rings. The molecule has 0 aromatic heterocycles. The van der Waals surface area contributed by atoms with E-state index in [9.17, 15) is 8.42 Å². The lowest BCUT2D eigenvalue weighted by atomic mass is 10.3. The molecule has 1 saturated carbocycles. The first-order valence-electron chi connectivity index (χ1n) is 6.86. The topological polar surface area (TPSA) is 75.6 Å². The van der Waals surface area contributed by atoms with Crippen LogP contribution in [0.15, 0.2) is 29.2 Å². The van der Waals surface area contributed by atoms with Gasteiger partial charge in [-0.15, -0.1) is 0 Å². The fourth-order valence-corrected chi connectivity index (χ4v) is 3.05. The highest BCUT2D eigenvalue weighted by molar-refractivity contribution is 7.89. The van der Waals surface area contributed by atoms with Crippen molar-refractivity contribution in [3.05, 3.63) is 24.3 Å². The third-order valence-electron chi connectivity index (χ3n) is 3.52. The molecular formula is C14H21NO4S. The van der Waals surface area contributed by atoms with Crippen LogP contribution in [0.1, 0.15) is 19.8 Å². The summed E-state index contributed by atoms with van der Waals surface area (Å²) in [5, 5.41) is 8.66. The molecule has 0 aliphatic heterocycles. The van der Waals surface area contributed by atoms with Crippen LogP contribution >= 0.6 is 0 Å². The minimum atomic E-state index is -3.43. The summed E-state index contributed by atoms with van der Waals surface area (Å²) in [5.74, 6) is 1.71. The highest BCUT2D eigenvalue weighted by Gasteiger charge is 2.33. The van der Waals surface area contributed by atoms with Gasteiger partial charge in [-0.25, -0.2) is 13.1 Å². The maximum atomic E-state index is 12.1. The molecule has 1 aliphatic carbocycles. The summed E-state index contributed by atoms with van der Waals surface area (Å²) in [7, 11) is -3.43. The molecule has 6 heteroatoms. The average Bonchev–Trinajstić information content (AvgIpc) is 3.14. The van der Waals surface area contributed by atoms with Crippen LogP contribution < -0.4 is 9.46 Å². The zero-order valence-electron chi connectivity index (χ0n) is 11.6. The number of nitrogens with one attached hydrogen (secondary N) is 1. The molecule has 1 fully saturated rings. The summed E-state index contributed by atoms with van der Waals surface area (Å²) in [6.07, 6.45) is 1.65. The fourth-order valence-electron chi connectivity index (χ4n) is 1.95. The highest BCUT2D eigenvalue weighted by Crippen LogP contribution is 2.37. The van der Waals surface area contributed by atoms with Crippen LogP contribution in [0.4, 0.5) is 0 Å². The number of benzene rings is 1. The molecule has 2 rings (SSSR count). The predicted molar refractivity (Wildman–Crippen MR) is 76.1 cm³/mol. The van der Waals surface area contributed by atoms with Gasteiger partial charge in [0.15, 0.2) is 0 Å². The van der Waals surface area contributed by atoms with E-state index < -0.39 is 10.0 Å². The standard InChI is InChI=1S/C14H21NO4S/c1-11-9-12(11)10-15-20(17,18)14-5-3-13(4-6-14)19-8-2-7-16/h3-6,11-12,15-16H,2,7-10H2,1H3. The van der Waals surface area contributed by atoms with Crippen molar-refractivity contribution in [3.8, 4) is 5.75 Å². The minimum absolute atomic E-state index is 0.0793. The number of ether oxygens (including phenoxy) is 1. The summed E-state index contributed by atoms with van der Waals surface area (Å²) in [5.41, 5.74) is 0. The van der Waals surface area contributed by atoms with Crippen LogP contribution in [-0.2, 0) is 10.0 Å². The maximum Gasteiger partial charge on any atom is 0.240 e. The molecule has 2 atom stereocenters. The Morgan fingerprint density at radius 3 is 2.55 bits per heavy atom. The van der Waals surface area contributed by atoms with Crippen molar-refractivity contribution < 1.29 is 18.3 Å². The number of aliphatic hydroxyl groups excluding tert-OH is 1. The van der Waals surface area contributed by atoms with Crippen molar-refractivity contribution >= 4 is 10.0 Å². The normalized spacial score (nSPS) is 21.7. The molecule has 0 saturated heterocycles. The molecule has 0 spiro atoms. The van der Waals surface area contributed by atoms with Crippen molar-refractivity contribution in [2.75, 3.05) is 19.8 Å². The monoisotopic (exact) mass is 299 g/mol. The van der Waals surface area contributed by atoms with Gasteiger partial charge in [-0.1, -0.05) is 6.92 Å². The fraction of sp³-hybridized carbons (Fsp3) is 0.571. The number of rotatable bonds is 8. The Hall–Kier alpha value is -1.11. The largest absolute Gasteiger partial charge is 0.494 e. The van der Waals surface area contributed by atoms with Gasteiger partial charge in [0, 0.05) is 19.6 Å². The van der Waals surface area contributed by atoms with Crippen LogP contribution in [0.5, 0.6) is 5.75 Å². The van der Waals surface area contributed by atoms with E-state index in [0.29, 0.717) is 37.2 Å². The lowest BCUT2D eigenvalue weighted by molar-refractivity contribution is 0.233. The molecule has 112 valence electrons. The van der Waals surface area contributed by atoms with Gasteiger partial charge in [0.25, 0.3) is 0 Å². The molecule has 5 nitrogen and oxygen atoms in total. The van der Waals surface area contributed by atoms with Crippen LogP contribution in [0.3, 0.4) is 0 Å². The Bertz CT molecular complexity index is 527. The number of hydrogen-bond acceptors (Lipinski definition) is 4. The van der Waals surface area contributed by atoms with Gasteiger partial charge in [0.2, 0.25) is 10.0 Å². The second kappa shape index (κ2) is 6.56. The number of sulfonamides is 1. The summed E-state index contributed by atoms with van der Waals surface area (Å²) < 4.78 is 32.1. The number of aliphatic hydroxyl groups is 1. The third kappa shape index (κ3) is 4.19. The smallest absolute Gasteiger partial charge is 0.240 e. The van der Waals surface area contributed by atoms with E-state index in [0.717, 1.165) is 6.42 Å². The van der Waals surface area contributed by atoms with Gasteiger partial charge >= 0.3 is 0 Å². The van der Waals surface area contributed by atoms with Gasteiger partial charge in [-0.3, -0.25) is 0 Å². The summed E-state index contributed by atoms with van der Waals surface area (Å²) >= 11 is 0. The first-order valence-corrected chi connectivity index (χ1v) is 8.34. The molecule has 0 amide bonds. The minimum Gasteiger partial charge on any atom is -0.494 e. The van der Waals surface area contributed by atoms with Crippen molar-refractivity contribution in [2.24, 2.45) is 11.8 Å². The van der Waals surface area contributed by atoms with Gasteiger partial charge in [-0.05, 0) is 42.5 Å². The van der Waals surface area contributed by atoms with Crippen LogP contribution in [0.2, 0.25) is 0 Å². The lowest BCUT2D eigenvalue weighted by Crippen LogP contribution is -2.26. The zero-order chi connectivity index (χ0) is 14.6. The predicted octanol–water partition coefficient (Wildman–Crippen LogP) is 1.38. The van der Waals surface area contributed by atoms with Gasteiger partial charge in [-0.2, -0.15) is 0 Å².